The molecule has 2 rings (SSSR count). The van der Waals surface area contributed by atoms with Crippen LogP contribution >= 0.6 is 0 Å². The highest BCUT2D eigenvalue weighted by atomic mass is 16.5. The van der Waals surface area contributed by atoms with Crippen molar-refractivity contribution in [3.8, 4) is 11.5 Å². The monoisotopic (exact) mass is 292 g/mol. The van der Waals surface area contributed by atoms with E-state index in [-0.39, 0.29) is 22.8 Å². The normalized spacial score (nSPS) is 25.4. The molecule has 4 N–H and O–H groups in total. The number of hydrogen-bond acceptors (Lipinski definition) is 4. The first kappa shape index (κ1) is 15.6. The quantitative estimate of drug-likeness (QED) is 0.793. The van der Waals surface area contributed by atoms with E-state index in [2.05, 4.69) is 12.2 Å². The average molecular weight is 292 g/mol. The number of ether oxygens (including phenoxy) is 1. The zero-order valence-corrected chi connectivity index (χ0v) is 12.7. The standard InChI is InChI=1S/C16H24N2O3/c1-11-6-8-16(10-17,9-7-11)18-15(20)12-4-3-5-13(21-2)14(12)19/h3-5,11,19H,6-10,17H2,1-2H3,(H,18,20). The third-order valence-corrected chi connectivity index (χ3v) is 4.46. The van der Waals surface area contributed by atoms with Gasteiger partial charge in [-0.1, -0.05) is 13.0 Å². The Bertz CT molecular complexity index is 508. The number of hydrogen-bond donors (Lipinski definition) is 3. The summed E-state index contributed by atoms with van der Waals surface area (Å²) in [5.74, 6) is 0.536. The molecule has 0 atom stereocenters. The summed E-state index contributed by atoms with van der Waals surface area (Å²) in [7, 11) is 1.46. The van der Waals surface area contributed by atoms with Crippen molar-refractivity contribution in [2.45, 2.75) is 38.1 Å². The first-order chi connectivity index (χ1) is 10.0. The molecule has 0 unspecified atom stereocenters. The third kappa shape index (κ3) is 3.29. The Kier molecular flexibility index (Phi) is 4.73. The van der Waals surface area contributed by atoms with Crippen LogP contribution in [0.4, 0.5) is 0 Å². The van der Waals surface area contributed by atoms with Crippen molar-refractivity contribution in [2.75, 3.05) is 13.7 Å². The van der Waals surface area contributed by atoms with Gasteiger partial charge < -0.3 is 20.9 Å². The van der Waals surface area contributed by atoms with Gasteiger partial charge in [-0.3, -0.25) is 4.79 Å². The van der Waals surface area contributed by atoms with E-state index in [0.717, 1.165) is 25.7 Å². The number of methoxy groups -OCH3 is 1. The van der Waals surface area contributed by atoms with Crippen LogP contribution in [-0.2, 0) is 0 Å². The highest BCUT2D eigenvalue weighted by Gasteiger charge is 2.35. The molecule has 0 heterocycles. The number of carbonyl (C=O) groups is 1. The van der Waals surface area contributed by atoms with Crippen molar-refractivity contribution in [1.82, 2.24) is 5.32 Å². The van der Waals surface area contributed by atoms with E-state index in [0.29, 0.717) is 18.2 Å². The lowest BCUT2D eigenvalue weighted by Crippen LogP contribution is -2.55. The second kappa shape index (κ2) is 6.35. The Balaban J connectivity index is 2.17. The van der Waals surface area contributed by atoms with Crippen molar-refractivity contribution in [1.29, 1.82) is 0 Å². The van der Waals surface area contributed by atoms with E-state index in [1.807, 2.05) is 0 Å². The maximum absolute atomic E-state index is 12.5. The van der Waals surface area contributed by atoms with Gasteiger partial charge >= 0.3 is 0 Å². The van der Waals surface area contributed by atoms with Crippen LogP contribution in [0.1, 0.15) is 43.0 Å². The van der Waals surface area contributed by atoms with E-state index in [9.17, 15) is 9.90 Å². The molecule has 1 aromatic carbocycles. The number of para-hydroxylation sites is 1. The lowest BCUT2D eigenvalue weighted by molar-refractivity contribution is 0.0856. The summed E-state index contributed by atoms with van der Waals surface area (Å²) in [6.07, 6.45) is 3.87. The number of benzene rings is 1. The van der Waals surface area contributed by atoms with Gasteiger partial charge in [-0.25, -0.2) is 0 Å². The molecule has 0 bridgehead atoms. The van der Waals surface area contributed by atoms with Gasteiger partial charge in [0.05, 0.1) is 18.2 Å². The van der Waals surface area contributed by atoms with Crippen molar-refractivity contribution < 1.29 is 14.6 Å². The summed E-state index contributed by atoms with van der Waals surface area (Å²) in [5.41, 5.74) is 5.76. The molecule has 21 heavy (non-hydrogen) atoms. The molecule has 1 aromatic rings. The molecule has 116 valence electrons. The van der Waals surface area contributed by atoms with Crippen LogP contribution in [0.3, 0.4) is 0 Å². The van der Waals surface area contributed by atoms with E-state index in [4.69, 9.17) is 10.5 Å². The minimum atomic E-state index is -0.362. The fourth-order valence-electron chi connectivity index (χ4n) is 2.87. The summed E-state index contributed by atoms with van der Waals surface area (Å²) in [5, 5.41) is 13.1. The second-order valence-electron chi connectivity index (χ2n) is 5.98. The summed E-state index contributed by atoms with van der Waals surface area (Å²) in [6.45, 7) is 2.63. The molecule has 5 heteroatoms. The van der Waals surface area contributed by atoms with Crippen LogP contribution in [0.15, 0.2) is 18.2 Å². The zero-order chi connectivity index (χ0) is 15.5. The number of aromatic hydroxyl groups is 1. The number of phenolic OH excluding ortho intramolecular Hbond substituents is 1. The highest BCUT2D eigenvalue weighted by molar-refractivity contribution is 5.98. The Morgan fingerprint density at radius 1 is 1.48 bits per heavy atom. The van der Waals surface area contributed by atoms with E-state index >= 15 is 0 Å². The van der Waals surface area contributed by atoms with E-state index in [1.165, 1.54) is 7.11 Å². The second-order valence-corrected chi connectivity index (χ2v) is 5.98. The Morgan fingerprint density at radius 3 is 2.71 bits per heavy atom. The largest absolute Gasteiger partial charge is 0.504 e. The van der Waals surface area contributed by atoms with Crippen LogP contribution in [-0.4, -0.2) is 30.2 Å². The molecule has 1 saturated carbocycles. The zero-order valence-electron chi connectivity index (χ0n) is 12.7. The van der Waals surface area contributed by atoms with Gasteiger partial charge in [0.25, 0.3) is 5.91 Å². The SMILES string of the molecule is COc1cccc(C(=O)NC2(CN)CCC(C)CC2)c1O. The smallest absolute Gasteiger partial charge is 0.255 e. The van der Waals surface area contributed by atoms with Crippen molar-refractivity contribution in [3.63, 3.8) is 0 Å². The number of carbonyl (C=O) groups excluding carboxylic acids is 1. The van der Waals surface area contributed by atoms with Crippen LogP contribution < -0.4 is 15.8 Å². The fraction of sp³-hybridized carbons (Fsp3) is 0.562. The van der Waals surface area contributed by atoms with E-state index < -0.39 is 0 Å². The molecule has 1 fully saturated rings. The van der Waals surface area contributed by atoms with Crippen LogP contribution in [0.2, 0.25) is 0 Å². The Morgan fingerprint density at radius 2 is 2.14 bits per heavy atom. The number of rotatable bonds is 4. The molecule has 0 radical (unpaired) electrons. The van der Waals surface area contributed by atoms with Crippen LogP contribution in [0.5, 0.6) is 11.5 Å². The maximum Gasteiger partial charge on any atom is 0.255 e. The first-order valence-corrected chi connectivity index (χ1v) is 7.40. The Labute approximate surface area is 125 Å². The van der Waals surface area contributed by atoms with Gasteiger partial charge in [-0.2, -0.15) is 0 Å². The number of amides is 1. The maximum atomic E-state index is 12.5. The molecular weight excluding hydrogens is 268 g/mol. The molecule has 5 nitrogen and oxygen atoms in total. The lowest BCUT2D eigenvalue weighted by atomic mass is 9.77. The molecule has 1 aliphatic rings. The van der Waals surface area contributed by atoms with Gasteiger partial charge in [0, 0.05) is 6.54 Å². The topological polar surface area (TPSA) is 84.6 Å². The summed E-state index contributed by atoms with van der Waals surface area (Å²) >= 11 is 0. The van der Waals surface area contributed by atoms with E-state index in [1.54, 1.807) is 18.2 Å². The van der Waals surface area contributed by atoms with Crippen molar-refractivity contribution in [2.24, 2.45) is 11.7 Å². The number of phenols is 1. The molecule has 0 saturated heterocycles. The first-order valence-electron chi connectivity index (χ1n) is 7.40. The minimum absolute atomic E-state index is 0.131. The third-order valence-electron chi connectivity index (χ3n) is 4.46. The average Bonchev–Trinajstić information content (AvgIpc) is 2.50. The predicted octanol–water partition coefficient (Wildman–Crippen LogP) is 2.04. The van der Waals surface area contributed by atoms with Gasteiger partial charge in [0.1, 0.15) is 0 Å². The minimum Gasteiger partial charge on any atom is -0.504 e. The molecule has 1 aliphatic carbocycles. The number of nitrogens with two attached hydrogens (primary N) is 1. The van der Waals surface area contributed by atoms with Crippen molar-refractivity contribution >= 4 is 5.91 Å². The number of nitrogens with one attached hydrogen (secondary N) is 1. The molecule has 0 aromatic heterocycles. The molecule has 0 spiro atoms. The summed E-state index contributed by atoms with van der Waals surface area (Å²) in [4.78, 5) is 12.5. The lowest BCUT2D eigenvalue weighted by Gasteiger charge is -2.39. The van der Waals surface area contributed by atoms with Crippen LogP contribution in [0, 0.1) is 5.92 Å². The van der Waals surface area contributed by atoms with Crippen LogP contribution in [0.25, 0.3) is 0 Å². The van der Waals surface area contributed by atoms with Gasteiger partial charge in [-0.05, 0) is 43.7 Å². The molecule has 0 aliphatic heterocycles. The summed E-state index contributed by atoms with van der Waals surface area (Å²) in [6, 6.07) is 4.89. The summed E-state index contributed by atoms with van der Waals surface area (Å²) < 4.78 is 5.04. The molecular formula is C16H24N2O3. The highest BCUT2D eigenvalue weighted by Crippen LogP contribution is 2.33. The van der Waals surface area contributed by atoms with Gasteiger partial charge in [-0.15, -0.1) is 0 Å². The van der Waals surface area contributed by atoms with Gasteiger partial charge in [0.15, 0.2) is 11.5 Å². The molecule has 1 amide bonds. The van der Waals surface area contributed by atoms with Crippen molar-refractivity contribution in [3.05, 3.63) is 23.8 Å². The van der Waals surface area contributed by atoms with Gasteiger partial charge in [0.2, 0.25) is 0 Å². The predicted molar refractivity (Wildman–Crippen MR) is 81.5 cm³/mol. The fourth-order valence-corrected chi connectivity index (χ4v) is 2.87. The Hall–Kier alpha value is -1.75.